The number of anilines is 1. The van der Waals surface area contributed by atoms with Crippen LogP contribution < -0.4 is 15.8 Å². The fourth-order valence-corrected chi connectivity index (χ4v) is 3.62. The number of hydrazine groups is 1. The molecule has 3 heterocycles. The summed E-state index contributed by atoms with van der Waals surface area (Å²) in [5.74, 6) is 1.75. The van der Waals surface area contributed by atoms with Crippen molar-refractivity contribution >= 4 is 5.82 Å². The maximum atomic E-state index is 4.72. The number of nitrogens with zero attached hydrogens (tertiary/aromatic N) is 3. The van der Waals surface area contributed by atoms with Crippen LogP contribution in [0.15, 0.2) is 6.20 Å². The number of rotatable bonds is 4. The Balaban J connectivity index is 1.73. The van der Waals surface area contributed by atoms with Gasteiger partial charge in [0.2, 0.25) is 0 Å². The van der Waals surface area contributed by atoms with Gasteiger partial charge in [-0.25, -0.2) is 4.98 Å². The molecule has 3 unspecified atom stereocenters. The second-order valence-electron chi connectivity index (χ2n) is 6.46. The summed E-state index contributed by atoms with van der Waals surface area (Å²) in [5.41, 5.74) is 9.07. The highest BCUT2D eigenvalue weighted by molar-refractivity contribution is 5.44. The van der Waals surface area contributed by atoms with E-state index in [4.69, 9.17) is 4.98 Å². The summed E-state index contributed by atoms with van der Waals surface area (Å²) in [6.07, 6.45) is 6.86. The lowest BCUT2D eigenvalue weighted by Crippen LogP contribution is -2.47. The lowest BCUT2D eigenvalue weighted by atomic mass is 9.86. The summed E-state index contributed by atoms with van der Waals surface area (Å²) < 4.78 is 0. The van der Waals surface area contributed by atoms with Crippen molar-refractivity contribution in [1.82, 2.24) is 20.8 Å². The molecule has 5 heteroatoms. The van der Waals surface area contributed by atoms with E-state index in [2.05, 4.69) is 34.6 Å². The van der Waals surface area contributed by atoms with E-state index >= 15 is 0 Å². The predicted molar refractivity (Wildman–Crippen MR) is 85.2 cm³/mol. The molecular weight excluding hydrogens is 262 g/mol. The van der Waals surface area contributed by atoms with Crippen LogP contribution in [0.4, 0.5) is 5.82 Å². The normalized spacial score (nSPS) is 28.7. The van der Waals surface area contributed by atoms with Gasteiger partial charge in [0.1, 0.15) is 5.82 Å². The first-order valence-electron chi connectivity index (χ1n) is 8.25. The van der Waals surface area contributed by atoms with E-state index in [1.54, 1.807) is 0 Å². The van der Waals surface area contributed by atoms with Gasteiger partial charge < -0.3 is 4.90 Å². The highest BCUT2D eigenvalue weighted by atomic mass is 15.4. The van der Waals surface area contributed by atoms with Gasteiger partial charge in [0.15, 0.2) is 0 Å². The summed E-state index contributed by atoms with van der Waals surface area (Å²) in [7, 11) is 0. The average molecular weight is 289 g/mol. The fourth-order valence-electron chi connectivity index (χ4n) is 3.62. The predicted octanol–water partition coefficient (Wildman–Crippen LogP) is 1.95. The minimum absolute atomic E-state index is 0.593. The first-order valence-corrected chi connectivity index (χ1v) is 8.25. The highest BCUT2D eigenvalue weighted by Crippen LogP contribution is 2.29. The molecule has 0 aliphatic carbocycles. The van der Waals surface area contributed by atoms with Crippen LogP contribution >= 0.6 is 0 Å². The molecule has 1 aromatic heterocycles. The largest absolute Gasteiger partial charge is 0.355 e. The van der Waals surface area contributed by atoms with Gasteiger partial charge in [-0.1, -0.05) is 19.8 Å². The molecule has 116 valence electrons. The number of fused-ring (bicyclic) bond motifs is 1. The number of aromatic nitrogens is 2. The number of nitrogens with one attached hydrogen (secondary N) is 2. The molecule has 0 spiro atoms. The lowest BCUT2D eigenvalue weighted by Gasteiger charge is -2.37. The molecule has 1 aromatic rings. The van der Waals surface area contributed by atoms with Crippen LogP contribution in [0.25, 0.3) is 0 Å². The summed E-state index contributed by atoms with van der Waals surface area (Å²) in [6.45, 7) is 8.49. The van der Waals surface area contributed by atoms with Gasteiger partial charge in [-0.2, -0.15) is 0 Å². The number of aryl methyl sites for hydroxylation is 2. The van der Waals surface area contributed by atoms with Crippen LogP contribution in [0.1, 0.15) is 44.0 Å². The Morgan fingerprint density at radius 3 is 3.00 bits per heavy atom. The molecule has 0 bridgehead atoms. The van der Waals surface area contributed by atoms with Crippen molar-refractivity contribution in [3.8, 4) is 0 Å². The van der Waals surface area contributed by atoms with E-state index in [-0.39, 0.29) is 0 Å². The van der Waals surface area contributed by atoms with Gasteiger partial charge >= 0.3 is 0 Å². The number of hydrogen-bond acceptors (Lipinski definition) is 5. The van der Waals surface area contributed by atoms with Gasteiger partial charge in [0.05, 0.1) is 11.4 Å². The quantitative estimate of drug-likeness (QED) is 0.887. The van der Waals surface area contributed by atoms with Crippen molar-refractivity contribution in [2.75, 3.05) is 18.0 Å². The van der Waals surface area contributed by atoms with Gasteiger partial charge in [-0.3, -0.25) is 15.8 Å². The summed E-state index contributed by atoms with van der Waals surface area (Å²) in [6, 6.07) is 1.21. The molecule has 5 nitrogen and oxygen atoms in total. The summed E-state index contributed by atoms with van der Waals surface area (Å²) in [5, 5.41) is 0. The standard InChI is InChI=1S/C16H27N5/c1-4-5-6-14-13-10-21(8-7-15(13)20-19-14)16-12(3)17-9-11(2)18-16/h9,13-15,19-20H,4-8,10H2,1-3H3. The molecule has 2 fully saturated rings. The van der Waals surface area contributed by atoms with Crippen LogP contribution in [0, 0.1) is 19.8 Å². The van der Waals surface area contributed by atoms with E-state index in [1.807, 2.05) is 13.1 Å². The molecule has 21 heavy (non-hydrogen) atoms. The topological polar surface area (TPSA) is 53.1 Å². The zero-order chi connectivity index (χ0) is 14.8. The molecule has 0 amide bonds. The molecule has 2 aliphatic rings. The third-order valence-electron chi connectivity index (χ3n) is 4.85. The van der Waals surface area contributed by atoms with E-state index in [9.17, 15) is 0 Å². The van der Waals surface area contributed by atoms with E-state index < -0.39 is 0 Å². The lowest BCUT2D eigenvalue weighted by molar-refractivity contribution is 0.339. The summed E-state index contributed by atoms with van der Waals surface area (Å²) >= 11 is 0. The Kier molecular flexibility index (Phi) is 4.40. The first-order chi connectivity index (χ1) is 10.2. The van der Waals surface area contributed by atoms with Crippen molar-refractivity contribution in [2.24, 2.45) is 5.92 Å². The van der Waals surface area contributed by atoms with Crippen LogP contribution in [0.5, 0.6) is 0 Å². The number of hydrogen-bond donors (Lipinski definition) is 2. The van der Waals surface area contributed by atoms with Crippen molar-refractivity contribution in [3.63, 3.8) is 0 Å². The van der Waals surface area contributed by atoms with Crippen LogP contribution in [0.2, 0.25) is 0 Å². The minimum atomic E-state index is 0.593. The van der Waals surface area contributed by atoms with Crippen molar-refractivity contribution in [2.45, 2.75) is 58.5 Å². The van der Waals surface area contributed by atoms with Crippen molar-refractivity contribution in [1.29, 1.82) is 0 Å². The molecule has 3 rings (SSSR count). The number of unbranched alkanes of at least 4 members (excludes halogenated alkanes) is 1. The zero-order valence-corrected chi connectivity index (χ0v) is 13.4. The first kappa shape index (κ1) is 14.7. The Morgan fingerprint density at radius 1 is 1.33 bits per heavy atom. The Hall–Kier alpha value is -1.20. The third kappa shape index (κ3) is 3.04. The van der Waals surface area contributed by atoms with Gasteiger partial charge in [0.25, 0.3) is 0 Å². The van der Waals surface area contributed by atoms with Crippen molar-refractivity contribution < 1.29 is 0 Å². The molecule has 0 saturated carbocycles. The SMILES string of the molecule is CCCCC1NNC2CCN(c3nc(C)cnc3C)CC12. The van der Waals surface area contributed by atoms with Gasteiger partial charge in [-0.15, -0.1) is 0 Å². The average Bonchev–Trinajstić information content (AvgIpc) is 2.90. The van der Waals surface area contributed by atoms with Crippen LogP contribution in [-0.4, -0.2) is 35.1 Å². The smallest absolute Gasteiger partial charge is 0.150 e. The third-order valence-corrected chi connectivity index (χ3v) is 4.85. The second kappa shape index (κ2) is 6.28. The molecular formula is C16H27N5. The Morgan fingerprint density at radius 2 is 2.19 bits per heavy atom. The molecule has 0 radical (unpaired) electrons. The van der Waals surface area contributed by atoms with E-state index in [1.165, 1.54) is 25.7 Å². The van der Waals surface area contributed by atoms with E-state index in [0.717, 1.165) is 30.3 Å². The zero-order valence-electron chi connectivity index (χ0n) is 13.4. The fraction of sp³-hybridized carbons (Fsp3) is 0.750. The number of piperidine rings is 1. The van der Waals surface area contributed by atoms with Crippen LogP contribution in [-0.2, 0) is 0 Å². The molecule has 2 aliphatic heterocycles. The summed E-state index contributed by atoms with van der Waals surface area (Å²) in [4.78, 5) is 11.6. The molecule has 3 atom stereocenters. The molecule has 0 aromatic carbocycles. The Bertz CT molecular complexity index is 490. The second-order valence-corrected chi connectivity index (χ2v) is 6.46. The van der Waals surface area contributed by atoms with Gasteiger partial charge in [0, 0.05) is 37.3 Å². The highest BCUT2D eigenvalue weighted by Gasteiger charge is 2.39. The van der Waals surface area contributed by atoms with Crippen molar-refractivity contribution in [3.05, 3.63) is 17.6 Å². The van der Waals surface area contributed by atoms with Gasteiger partial charge in [-0.05, 0) is 26.7 Å². The molecule has 2 N–H and O–H groups in total. The minimum Gasteiger partial charge on any atom is -0.355 e. The maximum absolute atomic E-state index is 4.72. The molecule has 2 saturated heterocycles. The van der Waals surface area contributed by atoms with Crippen LogP contribution in [0.3, 0.4) is 0 Å². The van der Waals surface area contributed by atoms with E-state index in [0.29, 0.717) is 18.0 Å². The monoisotopic (exact) mass is 289 g/mol. The maximum Gasteiger partial charge on any atom is 0.150 e. The Labute approximate surface area is 127 Å².